The zero-order valence-corrected chi connectivity index (χ0v) is 12.0. The van der Waals surface area contributed by atoms with Crippen LogP contribution in [0.15, 0.2) is 29.2 Å². The maximum absolute atomic E-state index is 12.6. The number of anilines is 1. The van der Waals surface area contributed by atoms with Gasteiger partial charge in [-0.2, -0.15) is 4.31 Å². The molecule has 2 rings (SSSR count). The molecule has 20 heavy (non-hydrogen) atoms. The molecule has 1 aromatic rings. The molecule has 7 heteroatoms. The van der Waals surface area contributed by atoms with Gasteiger partial charge in [-0.1, -0.05) is 0 Å². The highest BCUT2D eigenvalue weighted by Crippen LogP contribution is 2.28. The van der Waals surface area contributed by atoms with Crippen molar-refractivity contribution in [1.82, 2.24) is 4.31 Å². The third kappa shape index (κ3) is 2.78. The lowest BCUT2D eigenvalue weighted by molar-refractivity contribution is -0.143. The summed E-state index contributed by atoms with van der Waals surface area (Å²) in [6, 6.07) is 5.74. The average Bonchev–Trinajstić information content (AvgIpc) is 2.39. The number of carboxylic acid groups (broad SMARTS) is 1. The van der Waals surface area contributed by atoms with E-state index in [0.29, 0.717) is 18.5 Å². The van der Waals surface area contributed by atoms with E-state index in [9.17, 15) is 13.2 Å². The van der Waals surface area contributed by atoms with Gasteiger partial charge >= 0.3 is 5.97 Å². The van der Waals surface area contributed by atoms with E-state index in [2.05, 4.69) is 0 Å². The normalized spacial score (nSPS) is 24.4. The van der Waals surface area contributed by atoms with E-state index in [0.717, 1.165) is 0 Å². The second-order valence-electron chi connectivity index (χ2n) is 5.11. The number of rotatable bonds is 3. The van der Waals surface area contributed by atoms with E-state index < -0.39 is 21.9 Å². The highest BCUT2D eigenvalue weighted by molar-refractivity contribution is 7.89. The lowest BCUT2D eigenvalue weighted by Crippen LogP contribution is -2.47. The summed E-state index contributed by atoms with van der Waals surface area (Å²) in [5, 5.41) is 9.08. The number of piperidine rings is 1. The number of carbonyl (C=O) groups is 1. The Labute approximate surface area is 118 Å². The van der Waals surface area contributed by atoms with Crippen molar-refractivity contribution in [3.8, 4) is 0 Å². The molecule has 1 aromatic carbocycles. The molecule has 0 aromatic heterocycles. The summed E-state index contributed by atoms with van der Waals surface area (Å²) in [4.78, 5) is 11.2. The molecule has 0 saturated carbocycles. The third-order valence-corrected chi connectivity index (χ3v) is 5.66. The van der Waals surface area contributed by atoms with E-state index in [1.54, 1.807) is 6.92 Å². The topological polar surface area (TPSA) is 101 Å². The molecule has 0 aliphatic carbocycles. The molecule has 1 heterocycles. The van der Waals surface area contributed by atoms with Crippen LogP contribution in [0.1, 0.15) is 19.8 Å². The third-order valence-electron chi connectivity index (χ3n) is 3.66. The van der Waals surface area contributed by atoms with Crippen molar-refractivity contribution in [2.75, 3.05) is 12.3 Å². The molecule has 1 aliphatic rings. The van der Waals surface area contributed by atoms with Gasteiger partial charge in [-0.05, 0) is 44.0 Å². The first kappa shape index (κ1) is 14.8. The first-order chi connectivity index (χ1) is 9.32. The maximum Gasteiger partial charge on any atom is 0.307 e. The SMILES string of the molecule is CC1CCC(C(=O)O)CN1S(=O)(=O)c1ccc(N)cc1. The van der Waals surface area contributed by atoms with Crippen molar-refractivity contribution in [1.29, 1.82) is 0 Å². The largest absolute Gasteiger partial charge is 0.481 e. The van der Waals surface area contributed by atoms with Crippen LogP contribution >= 0.6 is 0 Å². The number of aliphatic carboxylic acids is 1. The molecule has 6 nitrogen and oxygen atoms in total. The Morgan fingerprint density at radius 2 is 1.90 bits per heavy atom. The number of hydrogen-bond donors (Lipinski definition) is 2. The summed E-state index contributed by atoms with van der Waals surface area (Å²) >= 11 is 0. The summed E-state index contributed by atoms with van der Waals surface area (Å²) in [6.07, 6.45) is 1.05. The predicted molar refractivity (Wildman–Crippen MR) is 74.6 cm³/mol. The summed E-state index contributed by atoms with van der Waals surface area (Å²) in [6.45, 7) is 1.82. The second kappa shape index (κ2) is 5.41. The van der Waals surface area contributed by atoms with E-state index >= 15 is 0 Å². The van der Waals surface area contributed by atoms with Gasteiger partial charge in [-0.25, -0.2) is 8.42 Å². The molecule has 0 bridgehead atoms. The number of sulfonamides is 1. The minimum Gasteiger partial charge on any atom is -0.481 e. The van der Waals surface area contributed by atoms with Gasteiger partial charge in [0.05, 0.1) is 10.8 Å². The van der Waals surface area contributed by atoms with E-state index in [4.69, 9.17) is 10.8 Å². The van der Waals surface area contributed by atoms with Gasteiger partial charge in [-0.15, -0.1) is 0 Å². The summed E-state index contributed by atoms with van der Waals surface area (Å²) < 4.78 is 26.4. The van der Waals surface area contributed by atoms with Crippen LogP contribution in [0.4, 0.5) is 5.69 Å². The Hall–Kier alpha value is -1.60. The van der Waals surface area contributed by atoms with Crippen molar-refractivity contribution in [3.05, 3.63) is 24.3 Å². The van der Waals surface area contributed by atoms with E-state index in [1.807, 2.05) is 0 Å². The Bertz CT molecular complexity index is 597. The van der Waals surface area contributed by atoms with Crippen LogP contribution in [0, 0.1) is 5.92 Å². The second-order valence-corrected chi connectivity index (χ2v) is 7.00. The first-order valence-corrected chi connectivity index (χ1v) is 7.86. The fourth-order valence-electron chi connectivity index (χ4n) is 2.39. The molecule has 110 valence electrons. The molecule has 0 spiro atoms. The number of carboxylic acids is 1. The van der Waals surface area contributed by atoms with Gasteiger partial charge in [0, 0.05) is 18.3 Å². The number of nitrogens with zero attached hydrogens (tertiary/aromatic N) is 1. The quantitative estimate of drug-likeness (QED) is 0.815. The summed E-state index contributed by atoms with van der Waals surface area (Å²) in [7, 11) is -3.68. The number of hydrogen-bond acceptors (Lipinski definition) is 4. The van der Waals surface area contributed by atoms with Gasteiger partial charge in [0.1, 0.15) is 0 Å². The summed E-state index contributed by atoms with van der Waals surface area (Å²) in [5.74, 6) is -1.59. The van der Waals surface area contributed by atoms with Crippen LogP contribution in [0.2, 0.25) is 0 Å². The lowest BCUT2D eigenvalue weighted by atomic mass is 9.96. The zero-order chi connectivity index (χ0) is 14.9. The number of nitrogens with two attached hydrogens (primary N) is 1. The van der Waals surface area contributed by atoms with Crippen LogP contribution in [0.3, 0.4) is 0 Å². The van der Waals surface area contributed by atoms with Crippen molar-refractivity contribution in [3.63, 3.8) is 0 Å². The first-order valence-electron chi connectivity index (χ1n) is 6.42. The van der Waals surface area contributed by atoms with Gasteiger partial charge in [0.2, 0.25) is 10.0 Å². The van der Waals surface area contributed by atoms with Crippen LogP contribution < -0.4 is 5.73 Å². The summed E-state index contributed by atoms with van der Waals surface area (Å²) in [5.41, 5.74) is 6.04. The van der Waals surface area contributed by atoms with E-state index in [1.165, 1.54) is 28.6 Å². The molecular weight excluding hydrogens is 280 g/mol. The van der Waals surface area contributed by atoms with Crippen LogP contribution in [0.5, 0.6) is 0 Å². The Morgan fingerprint density at radius 1 is 1.30 bits per heavy atom. The van der Waals surface area contributed by atoms with Gasteiger partial charge in [0.15, 0.2) is 0 Å². The number of nitrogen functional groups attached to an aromatic ring is 1. The highest BCUT2D eigenvalue weighted by atomic mass is 32.2. The standard InChI is InChI=1S/C13H18N2O4S/c1-9-2-3-10(13(16)17)8-15(9)20(18,19)12-6-4-11(14)5-7-12/h4-7,9-10H,2-3,8,14H2,1H3,(H,16,17). The van der Waals surface area contributed by atoms with E-state index in [-0.39, 0.29) is 17.5 Å². The maximum atomic E-state index is 12.6. The van der Waals surface area contributed by atoms with Crippen LogP contribution in [-0.4, -0.2) is 36.4 Å². The van der Waals surface area contributed by atoms with Gasteiger partial charge in [0.25, 0.3) is 0 Å². The fraction of sp³-hybridized carbons (Fsp3) is 0.462. The molecule has 2 atom stereocenters. The molecular formula is C13H18N2O4S. The lowest BCUT2D eigenvalue weighted by Gasteiger charge is -2.35. The minimum atomic E-state index is -3.68. The van der Waals surface area contributed by atoms with Crippen LogP contribution in [0.25, 0.3) is 0 Å². The smallest absolute Gasteiger partial charge is 0.307 e. The van der Waals surface area contributed by atoms with Crippen molar-refractivity contribution in [2.24, 2.45) is 5.92 Å². The number of benzene rings is 1. The van der Waals surface area contributed by atoms with Crippen molar-refractivity contribution >= 4 is 21.7 Å². The molecule has 0 radical (unpaired) electrons. The average molecular weight is 298 g/mol. The molecule has 0 amide bonds. The monoisotopic (exact) mass is 298 g/mol. The minimum absolute atomic E-state index is 0.0171. The van der Waals surface area contributed by atoms with Gasteiger partial charge < -0.3 is 10.8 Å². The zero-order valence-electron chi connectivity index (χ0n) is 11.2. The predicted octanol–water partition coefficient (Wildman–Crippen LogP) is 1.14. The fourth-order valence-corrected chi connectivity index (χ4v) is 4.09. The molecule has 1 saturated heterocycles. The molecule has 3 N–H and O–H groups in total. The Balaban J connectivity index is 2.31. The van der Waals surface area contributed by atoms with Crippen LogP contribution in [-0.2, 0) is 14.8 Å². The van der Waals surface area contributed by atoms with Crippen molar-refractivity contribution in [2.45, 2.75) is 30.7 Å². The molecule has 2 unspecified atom stereocenters. The Kier molecular flexibility index (Phi) is 4.01. The highest BCUT2D eigenvalue weighted by Gasteiger charge is 2.37. The molecule has 1 fully saturated rings. The van der Waals surface area contributed by atoms with Crippen molar-refractivity contribution < 1.29 is 18.3 Å². The molecule has 1 aliphatic heterocycles. The van der Waals surface area contributed by atoms with Gasteiger partial charge in [-0.3, -0.25) is 4.79 Å². The Morgan fingerprint density at radius 3 is 2.45 bits per heavy atom.